The molecule has 2 nitrogen and oxygen atoms in total. The topological polar surface area (TPSA) is 26.3 Å². The van der Waals surface area contributed by atoms with Crippen molar-refractivity contribution < 1.29 is 9.53 Å². The molecule has 0 aromatic rings. The largest absolute Gasteiger partial charge is 0.378 e. The Hall–Kier alpha value is -0.370. The standard InChI is InChI=1S/C22H36O2/c1-3-4-11-24-17-8-10-19-16(13-17)7-6-15-12-14(2)5-9-18(15)20-21(19)22(20)23/h14-21H,3-13H2,1-2H3. The Morgan fingerprint density at radius 1 is 0.917 bits per heavy atom. The van der Waals surface area contributed by atoms with Gasteiger partial charge in [-0.05, 0) is 81.0 Å². The van der Waals surface area contributed by atoms with Crippen molar-refractivity contribution in [3.63, 3.8) is 0 Å². The fourth-order valence-electron chi connectivity index (χ4n) is 6.58. The molecule has 136 valence electrons. The molecular weight excluding hydrogens is 296 g/mol. The number of ether oxygens (including phenoxy) is 1. The van der Waals surface area contributed by atoms with E-state index < -0.39 is 0 Å². The van der Waals surface area contributed by atoms with Gasteiger partial charge >= 0.3 is 0 Å². The van der Waals surface area contributed by atoms with E-state index in [-0.39, 0.29) is 0 Å². The van der Waals surface area contributed by atoms with Gasteiger partial charge in [0.1, 0.15) is 5.78 Å². The Bertz CT molecular complexity index is 459. The average molecular weight is 333 g/mol. The van der Waals surface area contributed by atoms with Crippen molar-refractivity contribution in [3.05, 3.63) is 0 Å². The molecule has 0 amide bonds. The van der Waals surface area contributed by atoms with Crippen molar-refractivity contribution >= 4 is 5.78 Å². The van der Waals surface area contributed by atoms with E-state index in [1.165, 1.54) is 64.2 Å². The maximum Gasteiger partial charge on any atom is 0.141 e. The van der Waals surface area contributed by atoms with Gasteiger partial charge in [0.05, 0.1) is 6.10 Å². The van der Waals surface area contributed by atoms with Gasteiger partial charge in [-0.15, -0.1) is 0 Å². The first-order chi connectivity index (χ1) is 11.7. The van der Waals surface area contributed by atoms with E-state index >= 15 is 0 Å². The number of carbonyl (C=O) groups excluding carboxylic acids is 1. The van der Waals surface area contributed by atoms with Crippen LogP contribution in [0.25, 0.3) is 0 Å². The van der Waals surface area contributed by atoms with Crippen LogP contribution in [-0.2, 0) is 9.53 Å². The van der Waals surface area contributed by atoms with E-state index in [0.29, 0.717) is 29.6 Å². The molecule has 8 atom stereocenters. The first-order valence-electron chi connectivity index (χ1n) is 10.8. The fraction of sp³-hybridized carbons (Fsp3) is 0.955. The molecule has 0 bridgehead atoms. The number of unbranched alkanes of at least 4 members (excludes halogenated alkanes) is 1. The molecule has 24 heavy (non-hydrogen) atoms. The van der Waals surface area contributed by atoms with E-state index in [0.717, 1.165) is 30.3 Å². The normalized spacial score (nSPS) is 47.8. The SMILES string of the molecule is CCCCOC1CCC2C(CCC3CC(C)CCC3C3C(=O)C23)C1. The summed E-state index contributed by atoms with van der Waals surface area (Å²) < 4.78 is 6.16. The zero-order chi connectivity index (χ0) is 16.7. The molecule has 0 saturated heterocycles. The van der Waals surface area contributed by atoms with Gasteiger partial charge in [-0.2, -0.15) is 0 Å². The monoisotopic (exact) mass is 332 g/mol. The quantitative estimate of drug-likeness (QED) is 0.657. The first-order valence-corrected chi connectivity index (χ1v) is 10.8. The third kappa shape index (κ3) is 3.20. The lowest BCUT2D eigenvalue weighted by atomic mass is 9.64. The summed E-state index contributed by atoms with van der Waals surface area (Å²) in [6.07, 6.45) is 13.4. The number of Topliss-reactive ketones (excluding diaryl/α,β-unsaturated/α-hetero) is 1. The summed E-state index contributed by atoms with van der Waals surface area (Å²) in [5, 5.41) is 0. The number of hydrogen-bond donors (Lipinski definition) is 0. The highest BCUT2D eigenvalue weighted by atomic mass is 16.5. The smallest absolute Gasteiger partial charge is 0.141 e. The van der Waals surface area contributed by atoms with Crippen molar-refractivity contribution in [1.29, 1.82) is 0 Å². The minimum absolute atomic E-state index is 0.452. The lowest BCUT2D eigenvalue weighted by Crippen LogP contribution is -2.35. The molecule has 4 rings (SSSR count). The number of carbonyl (C=O) groups is 1. The second-order valence-electron chi connectivity index (χ2n) is 9.46. The zero-order valence-electron chi connectivity index (χ0n) is 15.7. The predicted molar refractivity (Wildman–Crippen MR) is 96.7 cm³/mol. The number of ketones is 1. The van der Waals surface area contributed by atoms with Crippen LogP contribution in [0.3, 0.4) is 0 Å². The summed E-state index contributed by atoms with van der Waals surface area (Å²) in [6, 6.07) is 0. The summed E-state index contributed by atoms with van der Waals surface area (Å²) >= 11 is 0. The van der Waals surface area contributed by atoms with Crippen molar-refractivity contribution in [2.75, 3.05) is 6.61 Å². The van der Waals surface area contributed by atoms with Crippen LogP contribution in [0, 0.1) is 41.4 Å². The molecule has 0 radical (unpaired) electrons. The molecule has 4 aliphatic carbocycles. The molecule has 0 aromatic carbocycles. The highest BCUT2D eigenvalue weighted by Gasteiger charge is 2.61. The Morgan fingerprint density at radius 3 is 2.29 bits per heavy atom. The first kappa shape index (κ1) is 17.1. The van der Waals surface area contributed by atoms with Crippen molar-refractivity contribution in [3.8, 4) is 0 Å². The molecule has 0 aromatic heterocycles. The molecular formula is C22H36O2. The summed E-state index contributed by atoms with van der Waals surface area (Å²) in [5.41, 5.74) is 0. The van der Waals surface area contributed by atoms with Gasteiger partial charge in [0, 0.05) is 18.4 Å². The van der Waals surface area contributed by atoms with Crippen LogP contribution in [0.5, 0.6) is 0 Å². The van der Waals surface area contributed by atoms with Crippen LogP contribution >= 0.6 is 0 Å². The van der Waals surface area contributed by atoms with E-state index in [1.54, 1.807) is 0 Å². The minimum atomic E-state index is 0.452. The third-order valence-corrected chi connectivity index (χ3v) is 7.91. The Labute approximate surface area is 148 Å². The highest BCUT2D eigenvalue weighted by Crippen LogP contribution is 2.59. The molecule has 2 heteroatoms. The number of hydrogen-bond acceptors (Lipinski definition) is 2. The van der Waals surface area contributed by atoms with Gasteiger partial charge in [0.2, 0.25) is 0 Å². The van der Waals surface area contributed by atoms with Gasteiger partial charge < -0.3 is 4.74 Å². The Morgan fingerprint density at radius 2 is 1.58 bits per heavy atom. The van der Waals surface area contributed by atoms with Crippen LogP contribution in [0.4, 0.5) is 0 Å². The lowest BCUT2D eigenvalue weighted by Gasteiger charge is -2.42. The summed E-state index contributed by atoms with van der Waals surface area (Å²) in [6.45, 7) is 5.59. The highest BCUT2D eigenvalue weighted by molar-refractivity contribution is 6.00. The van der Waals surface area contributed by atoms with Gasteiger partial charge in [-0.1, -0.05) is 26.7 Å². The maximum atomic E-state index is 12.7. The van der Waals surface area contributed by atoms with Gasteiger partial charge in [-0.3, -0.25) is 4.79 Å². The fourth-order valence-corrected chi connectivity index (χ4v) is 6.58. The Kier molecular flexibility index (Phi) is 5.04. The Balaban J connectivity index is 1.42. The molecule has 4 saturated carbocycles. The maximum absolute atomic E-state index is 12.7. The molecule has 0 aliphatic heterocycles. The average Bonchev–Trinajstić information content (AvgIpc) is 3.22. The van der Waals surface area contributed by atoms with Crippen LogP contribution in [0.15, 0.2) is 0 Å². The van der Waals surface area contributed by atoms with Crippen molar-refractivity contribution in [1.82, 2.24) is 0 Å². The predicted octanol–water partition coefficient (Wildman–Crippen LogP) is 5.25. The van der Waals surface area contributed by atoms with Crippen LogP contribution < -0.4 is 0 Å². The third-order valence-electron chi connectivity index (χ3n) is 7.91. The second kappa shape index (κ2) is 7.09. The lowest BCUT2D eigenvalue weighted by molar-refractivity contribution is -0.113. The molecule has 0 spiro atoms. The van der Waals surface area contributed by atoms with Gasteiger partial charge in [-0.25, -0.2) is 0 Å². The number of fused-ring (bicyclic) bond motifs is 5. The van der Waals surface area contributed by atoms with Gasteiger partial charge in [0.15, 0.2) is 0 Å². The van der Waals surface area contributed by atoms with Crippen LogP contribution in [0.2, 0.25) is 0 Å². The number of rotatable bonds is 4. The second-order valence-corrected chi connectivity index (χ2v) is 9.46. The van der Waals surface area contributed by atoms with Crippen LogP contribution in [-0.4, -0.2) is 18.5 Å². The molecule has 4 fully saturated rings. The molecule has 0 heterocycles. The minimum Gasteiger partial charge on any atom is -0.378 e. The zero-order valence-corrected chi connectivity index (χ0v) is 15.7. The summed E-state index contributed by atoms with van der Waals surface area (Å²) in [7, 11) is 0. The van der Waals surface area contributed by atoms with E-state index in [2.05, 4.69) is 13.8 Å². The summed E-state index contributed by atoms with van der Waals surface area (Å²) in [4.78, 5) is 12.7. The molecule has 0 N–H and O–H groups in total. The van der Waals surface area contributed by atoms with E-state index in [9.17, 15) is 4.79 Å². The molecule has 8 unspecified atom stereocenters. The van der Waals surface area contributed by atoms with Gasteiger partial charge in [0.25, 0.3) is 0 Å². The van der Waals surface area contributed by atoms with Crippen molar-refractivity contribution in [2.45, 2.75) is 84.2 Å². The van der Waals surface area contributed by atoms with E-state index in [4.69, 9.17) is 4.74 Å². The summed E-state index contributed by atoms with van der Waals surface area (Å²) in [5.74, 6) is 5.51. The molecule has 4 aliphatic rings. The van der Waals surface area contributed by atoms with Crippen LogP contribution in [0.1, 0.15) is 78.1 Å². The van der Waals surface area contributed by atoms with Crippen molar-refractivity contribution in [2.24, 2.45) is 41.4 Å². The van der Waals surface area contributed by atoms with E-state index in [1.807, 2.05) is 0 Å².